The van der Waals surface area contributed by atoms with Crippen LogP contribution < -0.4 is 16.0 Å². The second kappa shape index (κ2) is 9.59. The largest absolute Gasteiger partial charge is 0.350 e. The van der Waals surface area contributed by atoms with Gasteiger partial charge in [-0.1, -0.05) is 24.3 Å². The van der Waals surface area contributed by atoms with Gasteiger partial charge < -0.3 is 16.0 Å². The van der Waals surface area contributed by atoms with Gasteiger partial charge in [-0.15, -0.1) is 0 Å². The molecular weight excluding hydrogens is 469 g/mol. The van der Waals surface area contributed by atoms with Gasteiger partial charge in [-0.2, -0.15) is 4.98 Å². The van der Waals surface area contributed by atoms with Gasteiger partial charge in [0.1, 0.15) is 11.5 Å². The van der Waals surface area contributed by atoms with E-state index in [1.165, 1.54) is 6.07 Å². The second-order valence-corrected chi connectivity index (χ2v) is 9.31. The minimum absolute atomic E-state index is 0.116. The first-order valence-electron chi connectivity index (χ1n) is 12.3. The van der Waals surface area contributed by atoms with Gasteiger partial charge in [0.05, 0.1) is 11.4 Å². The summed E-state index contributed by atoms with van der Waals surface area (Å²) in [5.74, 6) is -0.318. The first-order valence-corrected chi connectivity index (χ1v) is 12.3. The maximum atomic E-state index is 15.1. The quantitative estimate of drug-likeness (QED) is 0.324. The lowest BCUT2D eigenvalue weighted by Gasteiger charge is -2.23. The highest BCUT2D eigenvalue weighted by Crippen LogP contribution is 2.31. The number of benzene rings is 2. The van der Waals surface area contributed by atoms with Gasteiger partial charge in [0.25, 0.3) is 5.91 Å². The van der Waals surface area contributed by atoms with Crippen LogP contribution in [-0.4, -0.2) is 44.4 Å². The maximum absolute atomic E-state index is 15.1. The molecule has 0 bridgehead atoms. The number of aryl methyl sites for hydroxylation is 1. The van der Waals surface area contributed by atoms with Crippen LogP contribution in [0.1, 0.15) is 28.9 Å². The van der Waals surface area contributed by atoms with E-state index in [2.05, 4.69) is 20.9 Å². The third-order valence-corrected chi connectivity index (χ3v) is 6.59. The van der Waals surface area contributed by atoms with Gasteiger partial charge in [0, 0.05) is 41.5 Å². The van der Waals surface area contributed by atoms with E-state index in [1.807, 2.05) is 29.7 Å². The van der Waals surface area contributed by atoms with Gasteiger partial charge in [0.2, 0.25) is 5.95 Å². The lowest BCUT2D eigenvalue weighted by atomic mass is 10.0. The molecule has 37 heavy (non-hydrogen) atoms. The monoisotopic (exact) mass is 495 g/mol. The minimum Gasteiger partial charge on any atom is -0.350 e. The third-order valence-electron chi connectivity index (χ3n) is 6.59. The minimum atomic E-state index is -0.528. The summed E-state index contributed by atoms with van der Waals surface area (Å²) in [7, 11) is 0. The number of aromatic nitrogens is 4. The molecule has 1 amide bonds. The topological polar surface area (TPSA) is 96.2 Å². The van der Waals surface area contributed by atoms with Crippen LogP contribution in [0.5, 0.6) is 0 Å². The van der Waals surface area contributed by atoms with E-state index in [-0.39, 0.29) is 17.6 Å². The van der Waals surface area contributed by atoms with Crippen LogP contribution in [0.15, 0.2) is 67.0 Å². The summed E-state index contributed by atoms with van der Waals surface area (Å²) in [5, 5.41) is 10.3. The van der Waals surface area contributed by atoms with Crippen molar-refractivity contribution in [2.24, 2.45) is 0 Å². The highest BCUT2D eigenvalue weighted by molar-refractivity contribution is 6.04. The van der Waals surface area contributed by atoms with Crippen molar-refractivity contribution in [3.8, 4) is 11.1 Å². The van der Waals surface area contributed by atoms with Crippen LogP contribution in [0.2, 0.25) is 0 Å². The lowest BCUT2D eigenvalue weighted by Crippen LogP contribution is -2.38. The number of carbonyl (C=O) groups is 1. The van der Waals surface area contributed by atoms with Crippen LogP contribution in [-0.2, 0) is 0 Å². The predicted molar refractivity (Wildman–Crippen MR) is 142 cm³/mol. The summed E-state index contributed by atoms with van der Waals surface area (Å²) >= 11 is 0. The van der Waals surface area contributed by atoms with E-state index in [0.29, 0.717) is 22.7 Å². The Morgan fingerprint density at radius 1 is 1.11 bits per heavy atom. The average Bonchev–Trinajstić information content (AvgIpc) is 3.32. The zero-order chi connectivity index (χ0) is 25.4. The average molecular weight is 496 g/mol. The molecule has 1 aliphatic rings. The predicted octanol–water partition coefficient (Wildman–Crippen LogP) is 4.81. The van der Waals surface area contributed by atoms with E-state index in [1.54, 1.807) is 42.6 Å². The number of halogens is 1. The molecule has 2 aromatic carbocycles. The molecule has 3 N–H and O–H groups in total. The maximum Gasteiger partial charge on any atom is 0.255 e. The van der Waals surface area contributed by atoms with Gasteiger partial charge in [-0.3, -0.25) is 9.20 Å². The Hall–Kier alpha value is -4.37. The number of rotatable bonds is 5. The number of fused-ring (bicyclic) bond motifs is 3. The van der Waals surface area contributed by atoms with E-state index < -0.39 is 5.82 Å². The molecule has 3 aromatic heterocycles. The number of nitrogens with zero attached hydrogens (tertiary/aromatic N) is 4. The van der Waals surface area contributed by atoms with Gasteiger partial charge >= 0.3 is 0 Å². The molecule has 5 aromatic rings. The molecule has 9 heteroatoms. The summed E-state index contributed by atoms with van der Waals surface area (Å²) in [6, 6.07) is 15.7. The van der Waals surface area contributed by atoms with Crippen LogP contribution in [0.25, 0.3) is 27.8 Å². The Morgan fingerprint density at radius 2 is 1.97 bits per heavy atom. The standard InChI is InChI=1S/C28H26FN7O/c1-17-16-36-25-20(14-31-28(35-25)33-21-8-5-11-30-15-21)12-22(26(36)32-17)19-9-10-24(23(29)13-19)34-27(37)18-6-3-2-4-7-18/h2-4,6-7,9-10,12-14,16,21,30H,5,8,11,15H2,1H3,(H,34,37)(H,31,33,35). The van der Waals surface area contributed by atoms with Crippen molar-refractivity contribution < 1.29 is 9.18 Å². The lowest BCUT2D eigenvalue weighted by molar-refractivity contribution is 0.102. The fraction of sp³-hybridized carbons (Fsp3) is 0.214. The summed E-state index contributed by atoms with van der Waals surface area (Å²) in [5.41, 5.74) is 4.20. The number of hydrogen-bond donors (Lipinski definition) is 3. The van der Waals surface area contributed by atoms with Crippen molar-refractivity contribution in [3.63, 3.8) is 0 Å². The SMILES string of the molecule is Cc1cn2c(n1)c(-c1ccc(NC(=O)c3ccccc3)c(F)c1)cc1cnc(NC3CCCNC3)nc12. The number of piperidine rings is 1. The molecule has 1 unspecified atom stereocenters. The van der Waals surface area contributed by atoms with Gasteiger partial charge in [-0.25, -0.2) is 14.4 Å². The molecular formula is C28H26FN7O. The van der Waals surface area contributed by atoms with Crippen LogP contribution >= 0.6 is 0 Å². The normalized spacial score (nSPS) is 15.7. The third kappa shape index (κ3) is 4.61. The smallest absolute Gasteiger partial charge is 0.255 e. The molecule has 186 valence electrons. The zero-order valence-corrected chi connectivity index (χ0v) is 20.3. The van der Waals surface area contributed by atoms with Crippen molar-refractivity contribution in [2.45, 2.75) is 25.8 Å². The van der Waals surface area contributed by atoms with Gasteiger partial charge in [0.15, 0.2) is 5.65 Å². The molecule has 4 heterocycles. The van der Waals surface area contributed by atoms with Gasteiger partial charge in [-0.05, 0) is 62.2 Å². The Bertz CT molecular complexity index is 1610. The number of nitrogens with one attached hydrogen (secondary N) is 3. The Labute approximate surface area is 213 Å². The van der Waals surface area contributed by atoms with Crippen molar-refractivity contribution >= 4 is 34.2 Å². The van der Waals surface area contributed by atoms with E-state index in [0.717, 1.165) is 48.2 Å². The van der Waals surface area contributed by atoms with Crippen LogP contribution in [0.4, 0.5) is 16.0 Å². The number of imidazole rings is 1. The van der Waals surface area contributed by atoms with Crippen molar-refractivity contribution in [1.29, 1.82) is 0 Å². The fourth-order valence-electron chi connectivity index (χ4n) is 4.75. The Morgan fingerprint density at radius 3 is 2.76 bits per heavy atom. The molecule has 0 radical (unpaired) electrons. The molecule has 1 fully saturated rings. The molecule has 0 aliphatic carbocycles. The first-order chi connectivity index (χ1) is 18.0. The molecule has 1 atom stereocenters. The molecule has 0 saturated carbocycles. The van der Waals surface area contributed by atoms with E-state index in [9.17, 15) is 4.79 Å². The number of amides is 1. The highest BCUT2D eigenvalue weighted by Gasteiger charge is 2.18. The number of hydrogen-bond acceptors (Lipinski definition) is 6. The fourth-order valence-corrected chi connectivity index (χ4v) is 4.75. The Kier molecular flexibility index (Phi) is 5.97. The summed E-state index contributed by atoms with van der Waals surface area (Å²) in [6.07, 6.45) is 5.89. The van der Waals surface area contributed by atoms with Crippen LogP contribution in [0.3, 0.4) is 0 Å². The van der Waals surface area contributed by atoms with E-state index >= 15 is 4.39 Å². The summed E-state index contributed by atoms with van der Waals surface area (Å²) < 4.78 is 17.1. The highest BCUT2D eigenvalue weighted by atomic mass is 19.1. The van der Waals surface area contributed by atoms with Crippen LogP contribution in [0, 0.1) is 12.7 Å². The Balaban J connectivity index is 1.35. The number of anilines is 2. The first kappa shape index (κ1) is 23.1. The van der Waals surface area contributed by atoms with Crippen molar-refractivity contribution in [1.82, 2.24) is 24.7 Å². The summed E-state index contributed by atoms with van der Waals surface area (Å²) in [4.78, 5) is 26.5. The zero-order valence-electron chi connectivity index (χ0n) is 20.3. The van der Waals surface area contributed by atoms with E-state index in [4.69, 9.17) is 9.97 Å². The second-order valence-electron chi connectivity index (χ2n) is 9.31. The molecule has 1 aliphatic heterocycles. The number of carbonyl (C=O) groups excluding carboxylic acids is 1. The van der Waals surface area contributed by atoms with Crippen molar-refractivity contribution in [2.75, 3.05) is 23.7 Å². The molecule has 6 rings (SSSR count). The van der Waals surface area contributed by atoms with Crippen molar-refractivity contribution in [3.05, 3.63) is 84.1 Å². The molecule has 8 nitrogen and oxygen atoms in total. The molecule has 0 spiro atoms. The number of pyridine rings is 1. The summed E-state index contributed by atoms with van der Waals surface area (Å²) in [6.45, 7) is 3.84. The molecule has 1 saturated heterocycles.